The molecular weight excluding hydrogens is 284 g/mol. The third-order valence-corrected chi connectivity index (χ3v) is 4.53. The van der Waals surface area contributed by atoms with Gasteiger partial charge in [-0.2, -0.15) is 0 Å². The predicted octanol–water partition coefficient (Wildman–Crippen LogP) is 6.26. The maximum atomic E-state index is 12.6. The molecule has 0 spiro atoms. The maximum Gasteiger partial charge on any atom is 0.165 e. The van der Waals surface area contributed by atoms with Crippen LogP contribution >= 0.6 is 0 Å². The minimum Gasteiger partial charge on any atom is -0.508 e. The summed E-state index contributed by atoms with van der Waals surface area (Å²) in [5, 5.41) is 10.0. The standard InChI is InChI=1S/C21H34O2/c1-6-7-8-9-10-11-12-16(2)20(23)17-13-14-19(22)18(15-17)21(3,4)5/h13-16,22H,6-12H2,1-5H3. The van der Waals surface area contributed by atoms with E-state index in [2.05, 4.69) is 27.7 Å². The molecule has 0 amide bonds. The van der Waals surface area contributed by atoms with Crippen LogP contribution in [-0.4, -0.2) is 10.9 Å². The summed E-state index contributed by atoms with van der Waals surface area (Å²) in [6, 6.07) is 5.28. The normalized spacial score (nSPS) is 13.1. The second kappa shape index (κ2) is 9.10. The molecule has 23 heavy (non-hydrogen) atoms. The van der Waals surface area contributed by atoms with Gasteiger partial charge >= 0.3 is 0 Å². The molecule has 2 nitrogen and oxygen atoms in total. The van der Waals surface area contributed by atoms with Gasteiger partial charge < -0.3 is 5.11 Å². The van der Waals surface area contributed by atoms with Gasteiger partial charge in [-0.05, 0) is 35.6 Å². The van der Waals surface area contributed by atoms with Crippen molar-refractivity contribution in [3.05, 3.63) is 29.3 Å². The molecule has 130 valence electrons. The Kier molecular flexibility index (Phi) is 7.81. The number of benzene rings is 1. The molecule has 0 aromatic heterocycles. The topological polar surface area (TPSA) is 37.3 Å². The highest BCUT2D eigenvalue weighted by atomic mass is 16.3. The van der Waals surface area contributed by atoms with Crippen LogP contribution < -0.4 is 0 Å². The van der Waals surface area contributed by atoms with Crippen LogP contribution in [0.1, 0.15) is 95.5 Å². The van der Waals surface area contributed by atoms with E-state index in [1.165, 1.54) is 32.1 Å². The van der Waals surface area contributed by atoms with Crippen molar-refractivity contribution in [3.8, 4) is 5.75 Å². The van der Waals surface area contributed by atoms with Crippen LogP contribution in [0.25, 0.3) is 0 Å². The lowest BCUT2D eigenvalue weighted by atomic mass is 9.84. The highest BCUT2D eigenvalue weighted by Crippen LogP contribution is 2.32. The fourth-order valence-corrected chi connectivity index (χ4v) is 2.94. The predicted molar refractivity (Wildman–Crippen MR) is 98.3 cm³/mol. The Hall–Kier alpha value is -1.31. The molecule has 0 saturated heterocycles. The zero-order valence-corrected chi connectivity index (χ0v) is 15.6. The van der Waals surface area contributed by atoms with Crippen LogP contribution in [0.5, 0.6) is 5.75 Å². The van der Waals surface area contributed by atoms with Crippen molar-refractivity contribution in [1.82, 2.24) is 0 Å². The van der Waals surface area contributed by atoms with Gasteiger partial charge in [0.25, 0.3) is 0 Å². The summed E-state index contributed by atoms with van der Waals surface area (Å²) in [6.07, 6.45) is 8.48. The summed E-state index contributed by atoms with van der Waals surface area (Å²) in [5.74, 6) is 0.528. The maximum absolute atomic E-state index is 12.6. The Labute approximate surface area is 142 Å². The molecule has 0 aliphatic carbocycles. The zero-order valence-electron chi connectivity index (χ0n) is 15.6. The van der Waals surface area contributed by atoms with Crippen molar-refractivity contribution in [2.45, 2.75) is 85.0 Å². The van der Waals surface area contributed by atoms with Gasteiger partial charge in [-0.15, -0.1) is 0 Å². The van der Waals surface area contributed by atoms with Crippen LogP contribution in [0.4, 0.5) is 0 Å². The number of hydrogen-bond acceptors (Lipinski definition) is 2. The molecule has 1 aromatic carbocycles. The molecule has 0 radical (unpaired) electrons. The van der Waals surface area contributed by atoms with Crippen molar-refractivity contribution >= 4 is 5.78 Å². The van der Waals surface area contributed by atoms with E-state index in [1.807, 2.05) is 13.0 Å². The largest absolute Gasteiger partial charge is 0.508 e. The fourth-order valence-electron chi connectivity index (χ4n) is 2.94. The monoisotopic (exact) mass is 318 g/mol. The number of phenolic OH excluding ortho intramolecular Hbond substituents is 1. The first kappa shape index (κ1) is 19.7. The Morgan fingerprint density at radius 1 is 1.09 bits per heavy atom. The van der Waals surface area contributed by atoms with E-state index in [9.17, 15) is 9.90 Å². The Balaban J connectivity index is 2.60. The van der Waals surface area contributed by atoms with Crippen LogP contribution in [0, 0.1) is 5.92 Å². The Morgan fingerprint density at radius 2 is 1.70 bits per heavy atom. The number of Topliss-reactive ketones (excluding diaryl/α,β-unsaturated/α-hetero) is 1. The van der Waals surface area contributed by atoms with E-state index in [0.717, 1.165) is 24.0 Å². The molecule has 0 saturated carbocycles. The summed E-state index contributed by atoms with van der Waals surface area (Å²) in [7, 11) is 0. The first-order chi connectivity index (χ1) is 10.8. The lowest BCUT2D eigenvalue weighted by Gasteiger charge is -2.21. The quantitative estimate of drug-likeness (QED) is 0.431. The second-order valence-corrected chi connectivity index (χ2v) is 7.80. The number of unbranched alkanes of at least 4 members (excludes halogenated alkanes) is 5. The van der Waals surface area contributed by atoms with Gasteiger partial charge in [-0.1, -0.05) is 73.1 Å². The van der Waals surface area contributed by atoms with Crippen molar-refractivity contribution in [2.24, 2.45) is 5.92 Å². The molecule has 1 unspecified atom stereocenters. The van der Waals surface area contributed by atoms with Gasteiger partial charge in [-0.3, -0.25) is 4.79 Å². The lowest BCUT2D eigenvalue weighted by Crippen LogP contribution is -2.15. The van der Waals surface area contributed by atoms with Crippen LogP contribution in [0.3, 0.4) is 0 Å². The zero-order chi connectivity index (χ0) is 17.5. The van der Waals surface area contributed by atoms with Crippen LogP contribution in [-0.2, 0) is 5.41 Å². The average molecular weight is 319 g/mol. The first-order valence-electron chi connectivity index (χ1n) is 9.15. The molecular formula is C21H34O2. The van der Waals surface area contributed by atoms with E-state index in [1.54, 1.807) is 12.1 Å². The van der Waals surface area contributed by atoms with Crippen molar-refractivity contribution < 1.29 is 9.90 Å². The first-order valence-corrected chi connectivity index (χ1v) is 9.15. The van der Waals surface area contributed by atoms with Gasteiger partial charge in [-0.25, -0.2) is 0 Å². The Morgan fingerprint density at radius 3 is 2.30 bits per heavy atom. The minimum atomic E-state index is -0.164. The molecule has 0 aliphatic heterocycles. The molecule has 1 atom stereocenters. The number of hydrogen-bond donors (Lipinski definition) is 1. The van der Waals surface area contributed by atoms with Gasteiger partial charge in [0.05, 0.1) is 0 Å². The SMILES string of the molecule is CCCCCCCCC(C)C(=O)c1ccc(O)c(C(C)(C)C)c1. The molecule has 0 heterocycles. The molecule has 0 fully saturated rings. The number of ketones is 1. The molecule has 1 aromatic rings. The number of rotatable bonds is 9. The van der Waals surface area contributed by atoms with Gasteiger partial charge in [0, 0.05) is 11.5 Å². The van der Waals surface area contributed by atoms with E-state index in [-0.39, 0.29) is 22.9 Å². The second-order valence-electron chi connectivity index (χ2n) is 7.80. The molecule has 0 aliphatic rings. The van der Waals surface area contributed by atoms with Crippen molar-refractivity contribution in [1.29, 1.82) is 0 Å². The summed E-state index contributed by atoms with van der Waals surface area (Å²) in [4.78, 5) is 12.6. The number of carbonyl (C=O) groups is 1. The van der Waals surface area contributed by atoms with E-state index < -0.39 is 0 Å². The highest BCUT2D eigenvalue weighted by Gasteiger charge is 2.21. The van der Waals surface area contributed by atoms with E-state index >= 15 is 0 Å². The number of carbonyl (C=O) groups excluding carboxylic acids is 1. The van der Waals surface area contributed by atoms with E-state index in [0.29, 0.717) is 0 Å². The number of aromatic hydroxyl groups is 1. The number of phenols is 1. The van der Waals surface area contributed by atoms with Crippen molar-refractivity contribution in [3.63, 3.8) is 0 Å². The van der Waals surface area contributed by atoms with Gasteiger partial charge in [0.2, 0.25) is 0 Å². The molecule has 1 rings (SSSR count). The molecule has 0 bridgehead atoms. The van der Waals surface area contributed by atoms with Crippen molar-refractivity contribution in [2.75, 3.05) is 0 Å². The average Bonchev–Trinajstić information content (AvgIpc) is 2.49. The van der Waals surface area contributed by atoms with Crippen LogP contribution in [0.15, 0.2) is 18.2 Å². The molecule has 2 heteroatoms. The third-order valence-electron chi connectivity index (χ3n) is 4.53. The third kappa shape index (κ3) is 6.37. The van der Waals surface area contributed by atoms with E-state index in [4.69, 9.17) is 0 Å². The summed E-state index contributed by atoms with van der Waals surface area (Å²) >= 11 is 0. The molecule has 1 N–H and O–H groups in total. The summed E-state index contributed by atoms with van der Waals surface area (Å²) in [6.45, 7) is 10.4. The fraction of sp³-hybridized carbons (Fsp3) is 0.667. The highest BCUT2D eigenvalue weighted by molar-refractivity contribution is 5.98. The lowest BCUT2D eigenvalue weighted by molar-refractivity contribution is 0.0922. The van der Waals surface area contributed by atoms with Gasteiger partial charge in [0.1, 0.15) is 5.75 Å². The minimum absolute atomic E-state index is 0.0542. The summed E-state index contributed by atoms with van der Waals surface area (Å²) < 4.78 is 0. The van der Waals surface area contributed by atoms with Crippen LogP contribution in [0.2, 0.25) is 0 Å². The van der Waals surface area contributed by atoms with Gasteiger partial charge in [0.15, 0.2) is 5.78 Å². The summed E-state index contributed by atoms with van der Waals surface area (Å²) in [5.41, 5.74) is 1.41. The Bertz CT molecular complexity index is 497. The smallest absolute Gasteiger partial charge is 0.165 e.